The van der Waals surface area contributed by atoms with Gasteiger partial charge in [-0.1, -0.05) is 5.11 Å². The molecule has 0 amide bonds. The Balaban J connectivity index is 4.12. The Morgan fingerprint density at radius 2 is 2.50 bits per heavy atom. The smallest absolute Gasteiger partial charge is 0.323 e. The molecule has 0 aliphatic rings. The van der Waals surface area contributed by atoms with E-state index in [2.05, 4.69) is 10.0 Å². The van der Waals surface area contributed by atoms with Gasteiger partial charge in [-0.3, -0.25) is 4.79 Å². The lowest BCUT2D eigenvalue weighted by molar-refractivity contribution is -0.142. The Morgan fingerprint density at radius 3 is 2.80 bits per heavy atom. The molecule has 0 heterocycles. The van der Waals surface area contributed by atoms with Crippen molar-refractivity contribution >= 4 is 5.97 Å². The molecule has 0 saturated heterocycles. The maximum Gasteiger partial charge on any atom is 0.323 e. The molecule has 0 radical (unpaired) electrons. The maximum atomic E-state index is 10.2. The quantitative estimate of drug-likeness (QED) is 0.332. The molecular weight excluding hydrogens is 136 g/mol. The van der Waals surface area contributed by atoms with Crippen LogP contribution in [0, 0.1) is 0 Å². The Labute approximate surface area is 57.3 Å². The van der Waals surface area contributed by atoms with Gasteiger partial charge in [-0.25, -0.2) is 0 Å². The van der Waals surface area contributed by atoms with E-state index in [0.29, 0.717) is 0 Å². The fourth-order valence-electron chi connectivity index (χ4n) is 0.246. The van der Waals surface area contributed by atoms with Crippen LogP contribution in [0.3, 0.4) is 0 Å². The summed E-state index contributed by atoms with van der Waals surface area (Å²) in [6.07, 6.45) is 0. The van der Waals surface area contributed by atoms with Crippen LogP contribution in [-0.4, -0.2) is 23.2 Å². The number of carboxylic acid groups (broad SMARTS) is 1. The molecule has 56 valence electrons. The number of aliphatic carboxylic acids is 1. The van der Waals surface area contributed by atoms with E-state index >= 15 is 0 Å². The first kappa shape index (κ1) is 8.74. The zero-order valence-corrected chi connectivity index (χ0v) is 5.48. The SMILES string of the molecule is CC(N)(CN=[N+]=[N-])C(=O)O. The zero-order valence-electron chi connectivity index (χ0n) is 5.48. The Morgan fingerprint density at radius 1 is 2.00 bits per heavy atom. The van der Waals surface area contributed by atoms with Crippen LogP contribution in [0.2, 0.25) is 0 Å². The highest BCUT2D eigenvalue weighted by atomic mass is 16.4. The number of nitrogens with zero attached hydrogens (tertiary/aromatic N) is 3. The summed E-state index contributed by atoms with van der Waals surface area (Å²) in [6, 6.07) is 0. The highest BCUT2D eigenvalue weighted by molar-refractivity contribution is 5.78. The highest BCUT2D eigenvalue weighted by Gasteiger charge is 2.26. The number of nitrogens with two attached hydrogens (primary N) is 1. The van der Waals surface area contributed by atoms with Crippen LogP contribution in [0.15, 0.2) is 5.11 Å². The Kier molecular flexibility index (Phi) is 2.66. The summed E-state index contributed by atoms with van der Waals surface area (Å²) in [5.41, 5.74) is 11.6. The number of hydrogen-bond donors (Lipinski definition) is 2. The van der Waals surface area contributed by atoms with Crippen LogP contribution in [0.1, 0.15) is 6.92 Å². The molecule has 0 aromatic carbocycles. The van der Waals surface area contributed by atoms with Gasteiger partial charge in [-0.2, -0.15) is 0 Å². The molecule has 0 aliphatic carbocycles. The van der Waals surface area contributed by atoms with E-state index in [-0.39, 0.29) is 6.54 Å². The van der Waals surface area contributed by atoms with Crippen LogP contribution in [-0.2, 0) is 4.79 Å². The second-order valence-corrected chi connectivity index (χ2v) is 2.11. The molecule has 1 unspecified atom stereocenters. The van der Waals surface area contributed by atoms with E-state index in [0.717, 1.165) is 0 Å². The summed E-state index contributed by atoms with van der Waals surface area (Å²) in [7, 11) is 0. The molecular formula is C4H8N4O2. The lowest BCUT2D eigenvalue weighted by atomic mass is 10.1. The standard InChI is InChI=1S/C4H8N4O2/c1-4(5,3(9)10)2-7-8-6/h2,5H2,1H3,(H,9,10). The maximum absolute atomic E-state index is 10.2. The number of azide groups is 1. The van der Waals surface area contributed by atoms with E-state index in [1.165, 1.54) is 6.92 Å². The van der Waals surface area contributed by atoms with Gasteiger partial charge < -0.3 is 10.8 Å². The van der Waals surface area contributed by atoms with Crippen LogP contribution < -0.4 is 5.73 Å². The van der Waals surface area contributed by atoms with E-state index in [4.69, 9.17) is 16.4 Å². The van der Waals surface area contributed by atoms with Crippen molar-refractivity contribution in [2.45, 2.75) is 12.5 Å². The first-order valence-corrected chi connectivity index (χ1v) is 2.54. The first-order chi connectivity index (χ1) is 4.50. The van der Waals surface area contributed by atoms with Crippen LogP contribution in [0.25, 0.3) is 10.4 Å². The summed E-state index contributed by atoms with van der Waals surface area (Å²) in [4.78, 5) is 12.6. The van der Waals surface area contributed by atoms with Gasteiger partial charge in [0.2, 0.25) is 0 Å². The average Bonchev–Trinajstić information content (AvgIpc) is 1.84. The molecule has 0 bridgehead atoms. The summed E-state index contributed by atoms with van der Waals surface area (Å²) >= 11 is 0. The van der Waals surface area contributed by atoms with Gasteiger partial charge in [-0.05, 0) is 12.5 Å². The van der Waals surface area contributed by atoms with Gasteiger partial charge in [0, 0.05) is 4.91 Å². The lowest BCUT2D eigenvalue weighted by Gasteiger charge is -2.14. The van der Waals surface area contributed by atoms with Gasteiger partial charge in [0.15, 0.2) is 0 Å². The number of hydrogen-bond acceptors (Lipinski definition) is 3. The second kappa shape index (κ2) is 3.05. The molecule has 0 aromatic rings. The van der Waals surface area contributed by atoms with Gasteiger partial charge in [0.05, 0.1) is 6.54 Å². The van der Waals surface area contributed by atoms with Crippen molar-refractivity contribution in [3.8, 4) is 0 Å². The molecule has 6 heteroatoms. The monoisotopic (exact) mass is 144 g/mol. The summed E-state index contributed by atoms with van der Waals surface area (Å²) in [5, 5.41) is 11.4. The van der Waals surface area contributed by atoms with E-state index < -0.39 is 11.5 Å². The minimum Gasteiger partial charge on any atom is -0.480 e. The van der Waals surface area contributed by atoms with Crippen molar-refractivity contribution in [3.63, 3.8) is 0 Å². The normalized spacial score (nSPS) is 15.0. The van der Waals surface area contributed by atoms with E-state index in [1.54, 1.807) is 0 Å². The third-order valence-electron chi connectivity index (χ3n) is 0.951. The second-order valence-electron chi connectivity index (χ2n) is 2.11. The van der Waals surface area contributed by atoms with Gasteiger partial charge in [0.1, 0.15) is 5.54 Å². The number of carboxylic acids is 1. The fourth-order valence-corrected chi connectivity index (χ4v) is 0.246. The largest absolute Gasteiger partial charge is 0.480 e. The summed E-state index contributed by atoms with van der Waals surface area (Å²) in [6.45, 7) is 1.04. The minimum absolute atomic E-state index is 0.237. The molecule has 1 atom stereocenters. The molecule has 3 N–H and O–H groups in total. The minimum atomic E-state index is -1.45. The predicted molar refractivity (Wildman–Crippen MR) is 34.2 cm³/mol. The van der Waals surface area contributed by atoms with E-state index in [9.17, 15) is 4.79 Å². The third-order valence-corrected chi connectivity index (χ3v) is 0.951. The molecule has 0 fully saturated rings. The molecule has 0 spiro atoms. The van der Waals surface area contributed by atoms with Crippen molar-refractivity contribution in [2.75, 3.05) is 6.54 Å². The summed E-state index contributed by atoms with van der Waals surface area (Å²) < 4.78 is 0. The molecule has 0 aromatic heterocycles. The third kappa shape index (κ3) is 2.34. The van der Waals surface area contributed by atoms with Gasteiger partial charge >= 0.3 is 5.97 Å². The van der Waals surface area contributed by atoms with Gasteiger partial charge in [-0.15, -0.1) is 0 Å². The average molecular weight is 144 g/mol. The molecule has 0 aliphatic heterocycles. The predicted octanol–water partition coefficient (Wildman–Crippen LogP) is 0.0987. The lowest BCUT2D eigenvalue weighted by Crippen LogP contribution is -2.47. The van der Waals surface area contributed by atoms with Crippen molar-refractivity contribution in [1.82, 2.24) is 0 Å². The number of carbonyl (C=O) groups is 1. The summed E-state index contributed by atoms with van der Waals surface area (Å²) in [5.74, 6) is -1.18. The van der Waals surface area contributed by atoms with Crippen molar-refractivity contribution < 1.29 is 9.90 Å². The number of rotatable bonds is 3. The molecule has 0 rings (SSSR count). The first-order valence-electron chi connectivity index (χ1n) is 2.54. The highest BCUT2D eigenvalue weighted by Crippen LogP contribution is 1.98. The molecule has 0 saturated carbocycles. The molecule has 10 heavy (non-hydrogen) atoms. The van der Waals surface area contributed by atoms with Crippen LogP contribution >= 0.6 is 0 Å². The van der Waals surface area contributed by atoms with Crippen molar-refractivity contribution in [3.05, 3.63) is 10.4 Å². The van der Waals surface area contributed by atoms with Crippen molar-refractivity contribution in [1.29, 1.82) is 0 Å². The zero-order chi connectivity index (χ0) is 8.20. The van der Waals surface area contributed by atoms with Crippen molar-refractivity contribution in [2.24, 2.45) is 10.8 Å². The van der Waals surface area contributed by atoms with Crippen LogP contribution in [0.5, 0.6) is 0 Å². The molecule has 6 nitrogen and oxygen atoms in total. The van der Waals surface area contributed by atoms with E-state index in [1.807, 2.05) is 0 Å². The Bertz CT molecular complexity index is 182. The fraction of sp³-hybridized carbons (Fsp3) is 0.750. The topological polar surface area (TPSA) is 112 Å². The Hall–Kier alpha value is -1.26. The van der Waals surface area contributed by atoms with Gasteiger partial charge in [0.25, 0.3) is 0 Å². The van der Waals surface area contributed by atoms with Crippen LogP contribution in [0.4, 0.5) is 0 Å².